The molecule has 8 heteroatoms. The summed E-state index contributed by atoms with van der Waals surface area (Å²) in [6.45, 7) is 5.05. The number of aromatic nitrogens is 2. The van der Waals surface area contributed by atoms with E-state index in [0.29, 0.717) is 17.8 Å². The third-order valence-corrected chi connectivity index (χ3v) is 4.66. The standard InChI is InChI=1S/C13H17BrN4O2S/c1-3-15-7-10-8-16-17-13(10)21(19,20)18-12-5-9(2)4-11(14)6-12/h4-6,8,15,18H,3,7H2,1-2H3,(H,16,17). The first-order chi connectivity index (χ1) is 9.92. The highest BCUT2D eigenvalue weighted by Crippen LogP contribution is 2.22. The number of aryl methyl sites for hydroxylation is 1. The van der Waals surface area contributed by atoms with Crippen LogP contribution in [0.15, 0.2) is 33.9 Å². The normalized spacial score (nSPS) is 11.6. The second kappa shape index (κ2) is 6.59. The molecule has 6 nitrogen and oxygen atoms in total. The number of halogens is 1. The zero-order valence-corrected chi connectivity index (χ0v) is 14.2. The smallest absolute Gasteiger partial charge is 0.279 e. The van der Waals surface area contributed by atoms with Crippen molar-refractivity contribution in [1.29, 1.82) is 0 Å². The topological polar surface area (TPSA) is 86.9 Å². The predicted octanol–water partition coefficient (Wildman–Crippen LogP) is 2.39. The third-order valence-electron chi connectivity index (χ3n) is 2.81. The molecule has 0 aliphatic heterocycles. The largest absolute Gasteiger partial charge is 0.313 e. The molecule has 2 aromatic rings. The number of nitrogens with zero attached hydrogens (tertiary/aromatic N) is 1. The molecule has 0 spiro atoms. The first-order valence-electron chi connectivity index (χ1n) is 6.45. The minimum absolute atomic E-state index is 0.0843. The Kier molecular flexibility index (Phi) is 5.02. The van der Waals surface area contributed by atoms with Gasteiger partial charge in [-0.25, -0.2) is 0 Å². The van der Waals surface area contributed by atoms with E-state index in [1.54, 1.807) is 12.1 Å². The van der Waals surface area contributed by atoms with Crippen LogP contribution in [0.3, 0.4) is 0 Å². The summed E-state index contributed by atoms with van der Waals surface area (Å²) in [5.74, 6) is 0. The van der Waals surface area contributed by atoms with E-state index in [-0.39, 0.29) is 5.03 Å². The Morgan fingerprint density at radius 1 is 1.33 bits per heavy atom. The summed E-state index contributed by atoms with van der Waals surface area (Å²) in [4.78, 5) is 0. The van der Waals surface area contributed by atoms with Gasteiger partial charge in [0.2, 0.25) is 0 Å². The van der Waals surface area contributed by atoms with E-state index in [4.69, 9.17) is 0 Å². The summed E-state index contributed by atoms with van der Waals surface area (Å²) < 4.78 is 28.3. The lowest BCUT2D eigenvalue weighted by Crippen LogP contribution is -2.18. The summed E-state index contributed by atoms with van der Waals surface area (Å²) in [7, 11) is -3.69. The fraction of sp³-hybridized carbons (Fsp3) is 0.308. The van der Waals surface area contributed by atoms with Gasteiger partial charge in [0.1, 0.15) is 0 Å². The number of anilines is 1. The summed E-state index contributed by atoms with van der Waals surface area (Å²) in [5, 5.41) is 9.55. The van der Waals surface area contributed by atoms with Gasteiger partial charge < -0.3 is 5.32 Å². The van der Waals surface area contributed by atoms with Crippen LogP contribution < -0.4 is 10.0 Å². The average Bonchev–Trinajstić information content (AvgIpc) is 2.83. The van der Waals surface area contributed by atoms with Gasteiger partial charge in [0.05, 0.1) is 11.9 Å². The number of sulfonamides is 1. The molecular weight excluding hydrogens is 356 g/mol. The van der Waals surface area contributed by atoms with E-state index >= 15 is 0 Å². The molecule has 21 heavy (non-hydrogen) atoms. The monoisotopic (exact) mass is 372 g/mol. The molecule has 0 radical (unpaired) electrons. The molecule has 0 bridgehead atoms. The fourth-order valence-electron chi connectivity index (χ4n) is 1.92. The Bertz CT molecular complexity index is 707. The number of nitrogens with one attached hydrogen (secondary N) is 3. The van der Waals surface area contributed by atoms with E-state index < -0.39 is 10.0 Å². The van der Waals surface area contributed by atoms with E-state index in [0.717, 1.165) is 16.6 Å². The Labute approximate surface area is 132 Å². The number of rotatable bonds is 6. The summed E-state index contributed by atoms with van der Waals surface area (Å²) in [6, 6.07) is 5.39. The van der Waals surface area contributed by atoms with Gasteiger partial charge >= 0.3 is 0 Å². The number of H-pyrrole nitrogens is 1. The molecule has 3 N–H and O–H groups in total. The summed E-state index contributed by atoms with van der Waals surface area (Å²) >= 11 is 3.35. The molecule has 114 valence electrons. The lowest BCUT2D eigenvalue weighted by atomic mass is 10.2. The quantitative estimate of drug-likeness (QED) is 0.726. The van der Waals surface area contributed by atoms with Crippen molar-refractivity contribution in [2.24, 2.45) is 0 Å². The average molecular weight is 373 g/mol. The van der Waals surface area contributed by atoms with Crippen molar-refractivity contribution in [1.82, 2.24) is 15.5 Å². The molecule has 1 aromatic heterocycles. The zero-order valence-electron chi connectivity index (χ0n) is 11.8. The van der Waals surface area contributed by atoms with Gasteiger partial charge in [-0.15, -0.1) is 0 Å². The molecule has 2 rings (SSSR count). The van der Waals surface area contributed by atoms with Crippen molar-refractivity contribution in [3.63, 3.8) is 0 Å². The molecule has 0 fully saturated rings. The highest BCUT2D eigenvalue weighted by molar-refractivity contribution is 9.10. The Morgan fingerprint density at radius 3 is 2.76 bits per heavy atom. The van der Waals surface area contributed by atoms with Gasteiger partial charge in [0.15, 0.2) is 5.03 Å². The molecule has 0 saturated heterocycles. The molecule has 0 saturated carbocycles. The Hall–Kier alpha value is -1.38. The van der Waals surface area contributed by atoms with Crippen LogP contribution in [0.1, 0.15) is 18.1 Å². The molecule has 0 amide bonds. The highest BCUT2D eigenvalue weighted by atomic mass is 79.9. The number of aromatic amines is 1. The van der Waals surface area contributed by atoms with Crippen LogP contribution in [0.2, 0.25) is 0 Å². The molecule has 1 heterocycles. The van der Waals surface area contributed by atoms with Crippen LogP contribution in [-0.2, 0) is 16.6 Å². The Balaban J connectivity index is 2.28. The molecule has 0 aliphatic rings. The first kappa shape index (κ1) is 16.0. The van der Waals surface area contributed by atoms with Gasteiger partial charge in [-0.1, -0.05) is 22.9 Å². The van der Waals surface area contributed by atoms with Crippen molar-refractivity contribution < 1.29 is 8.42 Å². The first-order valence-corrected chi connectivity index (χ1v) is 8.73. The fourth-order valence-corrected chi connectivity index (χ4v) is 3.70. The molecule has 0 atom stereocenters. The van der Waals surface area contributed by atoms with Gasteiger partial charge in [0.25, 0.3) is 10.0 Å². The van der Waals surface area contributed by atoms with Crippen LogP contribution in [0.5, 0.6) is 0 Å². The van der Waals surface area contributed by atoms with E-state index in [1.807, 2.05) is 19.9 Å². The van der Waals surface area contributed by atoms with Crippen LogP contribution >= 0.6 is 15.9 Å². The lowest BCUT2D eigenvalue weighted by molar-refractivity contribution is 0.594. The lowest BCUT2D eigenvalue weighted by Gasteiger charge is -2.09. The van der Waals surface area contributed by atoms with Crippen molar-refractivity contribution in [3.8, 4) is 0 Å². The predicted molar refractivity (Wildman–Crippen MR) is 85.7 cm³/mol. The van der Waals surface area contributed by atoms with Crippen LogP contribution in [0, 0.1) is 6.92 Å². The molecule has 0 aliphatic carbocycles. The van der Waals surface area contributed by atoms with E-state index in [2.05, 4.69) is 36.2 Å². The molecule has 1 aromatic carbocycles. The maximum atomic E-state index is 12.4. The summed E-state index contributed by atoms with van der Waals surface area (Å²) in [5.41, 5.74) is 2.07. The molecular formula is C13H17BrN4O2S. The number of hydrogen-bond donors (Lipinski definition) is 3. The third kappa shape index (κ3) is 4.05. The maximum Gasteiger partial charge on any atom is 0.279 e. The number of hydrogen-bond acceptors (Lipinski definition) is 4. The van der Waals surface area contributed by atoms with Crippen molar-refractivity contribution in [2.75, 3.05) is 11.3 Å². The van der Waals surface area contributed by atoms with E-state index in [9.17, 15) is 8.42 Å². The van der Waals surface area contributed by atoms with Gasteiger partial charge in [-0.05, 0) is 37.2 Å². The second-order valence-electron chi connectivity index (χ2n) is 4.63. The van der Waals surface area contributed by atoms with Crippen LogP contribution in [0.4, 0.5) is 5.69 Å². The SMILES string of the molecule is CCNCc1cn[nH]c1S(=O)(=O)Nc1cc(C)cc(Br)c1. The van der Waals surface area contributed by atoms with Crippen molar-refractivity contribution in [2.45, 2.75) is 25.4 Å². The minimum atomic E-state index is -3.69. The minimum Gasteiger partial charge on any atom is -0.313 e. The van der Waals surface area contributed by atoms with Crippen LogP contribution in [0.25, 0.3) is 0 Å². The maximum absolute atomic E-state index is 12.4. The second-order valence-corrected chi connectivity index (χ2v) is 7.16. The zero-order chi connectivity index (χ0) is 15.5. The Morgan fingerprint density at radius 2 is 2.10 bits per heavy atom. The van der Waals surface area contributed by atoms with Gasteiger partial charge in [0, 0.05) is 16.6 Å². The van der Waals surface area contributed by atoms with E-state index in [1.165, 1.54) is 6.20 Å². The van der Waals surface area contributed by atoms with Crippen LogP contribution in [-0.4, -0.2) is 25.2 Å². The van der Waals surface area contributed by atoms with Gasteiger partial charge in [-0.3, -0.25) is 9.82 Å². The number of benzene rings is 1. The summed E-state index contributed by atoms with van der Waals surface area (Å²) in [6.07, 6.45) is 1.52. The molecule has 0 unspecified atom stereocenters. The van der Waals surface area contributed by atoms with Gasteiger partial charge in [-0.2, -0.15) is 13.5 Å². The highest BCUT2D eigenvalue weighted by Gasteiger charge is 2.20. The van der Waals surface area contributed by atoms with Crippen molar-refractivity contribution in [3.05, 3.63) is 40.0 Å². The van der Waals surface area contributed by atoms with Crippen molar-refractivity contribution >= 4 is 31.6 Å².